The summed E-state index contributed by atoms with van der Waals surface area (Å²) in [5, 5.41) is 4.50. The summed E-state index contributed by atoms with van der Waals surface area (Å²) in [5.41, 5.74) is 0.561. The predicted octanol–water partition coefficient (Wildman–Crippen LogP) is 0.434. The van der Waals surface area contributed by atoms with Gasteiger partial charge in [0.2, 0.25) is 11.8 Å². The number of thioether (sulfide) groups is 1. The van der Waals surface area contributed by atoms with Gasteiger partial charge in [-0.15, -0.1) is 11.3 Å². The molecule has 0 unspecified atom stereocenters. The van der Waals surface area contributed by atoms with Gasteiger partial charge in [-0.3, -0.25) is 23.9 Å². The van der Waals surface area contributed by atoms with Crippen molar-refractivity contribution >= 4 is 61.7 Å². The van der Waals surface area contributed by atoms with Crippen LogP contribution < -0.4 is 10.9 Å². The van der Waals surface area contributed by atoms with Crippen molar-refractivity contribution in [3.63, 3.8) is 0 Å². The van der Waals surface area contributed by atoms with E-state index in [4.69, 9.17) is 12.2 Å². The fraction of sp³-hybridized carbons (Fsp3) is 0.308. The maximum Gasteiger partial charge on any atom is 0.271 e. The summed E-state index contributed by atoms with van der Waals surface area (Å²) in [6.45, 7) is 0.513. The Kier molecular flexibility index (Phi) is 4.74. The molecule has 1 fully saturated rings. The molecule has 1 aliphatic rings. The van der Waals surface area contributed by atoms with Crippen LogP contribution in [0.3, 0.4) is 0 Å². The maximum atomic E-state index is 12.2. The van der Waals surface area contributed by atoms with Gasteiger partial charge in [0.1, 0.15) is 15.6 Å². The van der Waals surface area contributed by atoms with E-state index in [2.05, 4.69) is 10.3 Å². The van der Waals surface area contributed by atoms with Gasteiger partial charge in [0, 0.05) is 13.1 Å². The fourth-order valence-corrected chi connectivity index (χ4v) is 3.95. The van der Waals surface area contributed by atoms with Crippen LogP contribution >= 0.6 is 35.3 Å². The summed E-state index contributed by atoms with van der Waals surface area (Å²) < 4.78 is 2.48. The molecule has 1 saturated heterocycles. The van der Waals surface area contributed by atoms with Crippen molar-refractivity contribution in [3.8, 4) is 0 Å². The van der Waals surface area contributed by atoms with E-state index in [-0.39, 0.29) is 36.2 Å². The topological polar surface area (TPSA) is 84.3 Å². The summed E-state index contributed by atoms with van der Waals surface area (Å²) in [7, 11) is 0. The van der Waals surface area contributed by atoms with E-state index in [1.54, 1.807) is 6.07 Å². The molecule has 3 heterocycles. The third-order valence-electron chi connectivity index (χ3n) is 3.25. The lowest BCUT2D eigenvalue weighted by atomic mass is 10.4. The molecule has 0 atom stereocenters. The molecule has 0 aromatic carbocycles. The third kappa shape index (κ3) is 3.43. The molecule has 1 N–H and O–H groups in total. The molecule has 0 bridgehead atoms. The van der Waals surface area contributed by atoms with Gasteiger partial charge < -0.3 is 5.32 Å². The number of carbonyl (C=O) groups excluding carboxylic acids is 2. The molecule has 3 rings (SSSR count). The first-order valence-electron chi connectivity index (χ1n) is 6.73. The summed E-state index contributed by atoms with van der Waals surface area (Å²) in [6.07, 6.45) is 1.47. The van der Waals surface area contributed by atoms with Crippen molar-refractivity contribution in [1.82, 2.24) is 19.8 Å². The minimum atomic E-state index is -0.304. The van der Waals surface area contributed by atoms with Gasteiger partial charge in [0.15, 0.2) is 0 Å². The highest BCUT2D eigenvalue weighted by Crippen LogP contribution is 2.18. The smallest absolute Gasteiger partial charge is 0.271 e. The summed E-state index contributed by atoms with van der Waals surface area (Å²) in [6, 6.07) is 1.79. The van der Waals surface area contributed by atoms with Crippen molar-refractivity contribution in [3.05, 3.63) is 28.1 Å². The molecule has 0 spiro atoms. The van der Waals surface area contributed by atoms with Crippen LogP contribution in [0.5, 0.6) is 0 Å². The number of aromatic nitrogens is 2. The van der Waals surface area contributed by atoms with Gasteiger partial charge in [-0.05, 0) is 11.4 Å². The molecule has 120 valence electrons. The fourth-order valence-electron chi connectivity index (χ4n) is 2.09. The van der Waals surface area contributed by atoms with Crippen molar-refractivity contribution in [1.29, 1.82) is 0 Å². The van der Waals surface area contributed by atoms with E-state index in [9.17, 15) is 14.4 Å². The van der Waals surface area contributed by atoms with E-state index in [1.807, 2.05) is 5.38 Å². The quantitative estimate of drug-likeness (QED) is 0.771. The zero-order valence-electron chi connectivity index (χ0n) is 11.9. The van der Waals surface area contributed by atoms with Gasteiger partial charge in [-0.2, -0.15) is 0 Å². The number of hydrogen-bond acceptors (Lipinski definition) is 7. The highest BCUT2D eigenvalue weighted by Gasteiger charge is 2.28. The average Bonchev–Trinajstić information content (AvgIpc) is 3.12. The molecular formula is C13H12N4O3S3. The number of fused-ring (bicyclic) bond motifs is 1. The van der Waals surface area contributed by atoms with Crippen molar-refractivity contribution < 1.29 is 9.59 Å². The molecule has 0 aliphatic carbocycles. The molecule has 2 aromatic rings. The minimum Gasteiger partial charge on any atom is -0.353 e. The average molecular weight is 368 g/mol. The lowest BCUT2D eigenvalue weighted by Crippen LogP contribution is -2.41. The van der Waals surface area contributed by atoms with E-state index < -0.39 is 0 Å². The van der Waals surface area contributed by atoms with Crippen LogP contribution in [-0.4, -0.2) is 49.4 Å². The Labute approximate surface area is 144 Å². The van der Waals surface area contributed by atoms with Crippen molar-refractivity contribution in [2.75, 3.05) is 18.8 Å². The first kappa shape index (κ1) is 16.1. The van der Waals surface area contributed by atoms with Crippen LogP contribution in [0, 0.1) is 0 Å². The molecule has 23 heavy (non-hydrogen) atoms. The predicted molar refractivity (Wildman–Crippen MR) is 93.7 cm³/mol. The summed E-state index contributed by atoms with van der Waals surface area (Å²) in [5.74, 6) is -0.172. The van der Waals surface area contributed by atoms with Crippen LogP contribution in [0.15, 0.2) is 22.6 Å². The van der Waals surface area contributed by atoms with E-state index in [0.717, 1.165) is 0 Å². The van der Waals surface area contributed by atoms with E-state index >= 15 is 0 Å². The highest BCUT2D eigenvalue weighted by atomic mass is 32.2. The Morgan fingerprint density at radius 1 is 1.43 bits per heavy atom. The number of nitrogens with zero attached hydrogens (tertiary/aromatic N) is 3. The van der Waals surface area contributed by atoms with Crippen LogP contribution in [0.1, 0.15) is 0 Å². The molecule has 7 nitrogen and oxygen atoms in total. The Hall–Kier alpha value is -1.78. The number of rotatable bonds is 5. The van der Waals surface area contributed by atoms with Gasteiger partial charge in [-0.25, -0.2) is 4.98 Å². The van der Waals surface area contributed by atoms with Crippen LogP contribution in [-0.2, 0) is 16.1 Å². The number of amides is 2. The van der Waals surface area contributed by atoms with Crippen molar-refractivity contribution in [2.24, 2.45) is 0 Å². The lowest BCUT2D eigenvalue weighted by Gasteiger charge is -2.14. The van der Waals surface area contributed by atoms with Crippen LogP contribution in [0.4, 0.5) is 0 Å². The SMILES string of the molecule is O=C(CN1C(=O)CSC1=S)NCCn1cnc2ccsc2c1=O. The molecule has 10 heteroatoms. The zero-order chi connectivity index (χ0) is 16.4. The highest BCUT2D eigenvalue weighted by molar-refractivity contribution is 8.23. The summed E-state index contributed by atoms with van der Waals surface area (Å²) >= 11 is 7.62. The van der Waals surface area contributed by atoms with Crippen LogP contribution in [0.25, 0.3) is 10.2 Å². The summed E-state index contributed by atoms with van der Waals surface area (Å²) in [4.78, 5) is 41.1. The third-order valence-corrected chi connectivity index (χ3v) is 5.58. The molecular weight excluding hydrogens is 356 g/mol. The zero-order valence-corrected chi connectivity index (χ0v) is 14.3. The van der Waals surface area contributed by atoms with E-state index in [1.165, 1.54) is 38.9 Å². The normalized spacial score (nSPS) is 14.7. The largest absolute Gasteiger partial charge is 0.353 e. The number of nitrogens with one attached hydrogen (secondary N) is 1. The maximum absolute atomic E-state index is 12.2. The second kappa shape index (κ2) is 6.77. The van der Waals surface area contributed by atoms with Gasteiger partial charge in [0.25, 0.3) is 5.56 Å². The standard InChI is InChI=1S/C13H12N4O3S3/c18-9(5-17-10(19)6-23-13(17)21)14-2-3-16-7-15-8-1-4-22-11(8)12(16)20/h1,4,7H,2-3,5-6H2,(H,14,18). The molecule has 2 amide bonds. The molecule has 0 saturated carbocycles. The molecule has 1 aliphatic heterocycles. The lowest BCUT2D eigenvalue weighted by molar-refractivity contribution is -0.129. The second-order valence-corrected chi connectivity index (χ2v) is 7.29. The van der Waals surface area contributed by atoms with E-state index in [0.29, 0.717) is 21.1 Å². The Bertz CT molecular complexity index is 828. The molecule has 0 radical (unpaired) electrons. The first-order chi connectivity index (χ1) is 11.1. The monoisotopic (exact) mass is 368 g/mol. The Morgan fingerprint density at radius 3 is 3.00 bits per heavy atom. The van der Waals surface area contributed by atoms with Crippen LogP contribution in [0.2, 0.25) is 0 Å². The minimum absolute atomic E-state index is 0.0816. The number of thiophene rings is 1. The Balaban J connectivity index is 1.55. The van der Waals surface area contributed by atoms with Gasteiger partial charge in [0.05, 0.1) is 17.6 Å². The number of hydrogen-bond donors (Lipinski definition) is 1. The van der Waals surface area contributed by atoms with Gasteiger partial charge in [-0.1, -0.05) is 24.0 Å². The van der Waals surface area contributed by atoms with Gasteiger partial charge >= 0.3 is 0 Å². The van der Waals surface area contributed by atoms with Crippen molar-refractivity contribution in [2.45, 2.75) is 6.54 Å². The number of thiocarbonyl (C=S) groups is 1. The second-order valence-electron chi connectivity index (χ2n) is 4.76. The first-order valence-corrected chi connectivity index (χ1v) is 9.00. The Morgan fingerprint density at radius 2 is 2.26 bits per heavy atom. The number of carbonyl (C=O) groups is 2. The molecule has 2 aromatic heterocycles.